The minimum atomic E-state index is -2.60. The maximum Gasteiger partial charge on any atom is 0.291 e. The van der Waals surface area contributed by atoms with Gasteiger partial charge in [-0.3, -0.25) is 4.79 Å². The van der Waals surface area contributed by atoms with Crippen molar-refractivity contribution in [2.75, 3.05) is 7.05 Å². The minimum Gasteiger partial charge on any atom is -0.464 e. The topological polar surface area (TPSA) is 51.3 Å². The average molecular weight is 365 g/mol. The molecule has 0 spiro atoms. The Morgan fingerprint density at radius 3 is 2.76 bits per heavy atom. The number of amides is 1. The number of alkyl halides is 2. The quantitative estimate of drug-likeness (QED) is 0.622. The van der Waals surface area contributed by atoms with Gasteiger partial charge in [-0.2, -0.15) is 8.78 Å². The molecule has 3 rings (SSSR count). The van der Waals surface area contributed by atoms with E-state index in [2.05, 4.69) is 4.98 Å². The maximum absolute atomic E-state index is 12.8. The number of aromatic nitrogens is 2. The molecule has 2 aromatic heterocycles. The summed E-state index contributed by atoms with van der Waals surface area (Å²) in [5.74, 6) is -1.37. The van der Waals surface area contributed by atoms with E-state index in [0.29, 0.717) is 35.1 Å². The van der Waals surface area contributed by atoms with Crippen molar-refractivity contribution in [1.29, 1.82) is 0 Å². The molecule has 0 aliphatic rings. The molecule has 0 unspecified atom stereocenters. The summed E-state index contributed by atoms with van der Waals surface area (Å²) in [5, 5.41) is 0.131. The standard InChI is InChI=1S/C17H17F2N3O2S/c1-11-7-8-12(24-11)9-21(2)15(23)10-22-14-6-4-3-5-13(14)20-17(22)25-16(18)19/h3-8,16H,9-10H2,1-2H3. The summed E-state index contributed by atoms with van der Waals surface area (Å²) in [5.41, 5.74) is 1.24. The van der Waals surface area contributed by atoms with E-state index in [-0.39, 0.29) is 17.6 Å². The Hall–Kier alpha value is -2.35. The highest BCUT2D eigenvalue weighted by Crippen LogP contribution is 2.28. The van der Waals surface area contributed by atoms with Gasteiger partial charge in [-0.1, -0.05) is 12.1 Å². The molecule has 5 nitrogen and oxygen atoms in total. The lowest BCUT2D eigenvalue weighted by Gasteiger charge is -2.17. The van der Waals surface area contributed by atoms with Gasteiger partial charge in [0, 0.05) is 7.05 Å². The third-order valence-electron chi connectivity index (χ3n) is 3.72. The van der Waals surface area contributed by atoms with Gasteiger partial charge in [0.15, 0.2) is 5.16 Å². The van der Waals surface area contributed by atoms with Gasteiger partial charge in [0.25, 0.3) is 5.76 Å². The molecule has 0 saturated carbocycles. The minimum absolute atomic E-state index is 0.0637. The molecule has 1 amide bonds. The molecular formula is C17H17F2N3O2S. The zero-order valence-corrected chi connectivity index (χ0v) is 14.6. The van der Waals surface area contributed by atoms with Crippen LogP contribution in [0.3, 0.4) is 0 Å². The van der Waals surface area contributed by atoms with Gasteiger partial charge in [-0.15, -0.1) is 0 Å². The molecule has 2 heterocycles. The van der Waals surface area contributed by atoms with E-state index < -0.39 is 5.76 Å². The number of likely N-dealkylation sites (N-methyl/N-ethyl adjacent to an activating group) is 1. The van der Waals surface area contributed by atoms with Crippen LogP contribution in [0.2, 0.25) is 0 Å². The van der Waals surface area contributed by atoms with Gasteiger partial charge < -0.3 is 13.9 Å². The Kier molecular flexibility index (Phi) is 5.08. The van der Waals surface area contributed by atoms with Crippen molar-refractivity contribution in [3.05, 3.63) is 47.9 Å². The van der Waals surface area contributed by atoms with E-state index in [1.54, 1.807) is 31.3 Å². The molecule has 3 aromatic rings. The second-order valence-corrected chi connectivity index (χ2v) is 6.57. The van der Waals surface area contributed by atoms with E-state index in [4.69, 9.17) is 4.42 Å². The van der Waals surface area contributed by atoms with E-state index in [9.17, 15) is 13.6 Å². The van der Waals surface area contributed by atoms with Crippen LogP contribution < -0.4 is 0 Å². The molecule has 0 fully saturated rings. The van der Waals surface area contributed by atoms with Crippen molar-refractivity contribution >= 4 is 28.7 Å². The Morgan fingerprint density at radius 1 is 1.32 bits per heavy atom. The van der Waals surface area contributed by atoms with Gasteiger partial charge in [0.1, 0.15) is 18.1 Å². The lowest BCUT2D eigenvalue weighted by Crippen LogP contribution is -2.29. The lowest BCUT2D eigenvalue weighted by molar-refractivity contribution is -0.131. The van der Waals surface area contributed by atoms with Crippen molar-refractivity contribution in [2.24, 2.45) is 0 Å². The molecule has 0 N–H and O–H groups in total. The Labute approximate surface area is 147 Å². The predicted octanol–water partition coefficient (Wildman–Crippen LogP) is 3.91. The first-order valence-electron chi connectivity index (χ1n) is 7.63. The van der Waals surface area contributed by atoms with Crippen molar-refractivity contribution in [1.82, 2.24) is 14.5 Å². The summed E-state index contributed by atoms with van der Waals surface area (Å²) in [6.45, 7) is 2.08. The molecule has 0 atom stereocenters. The normalized spacial score (nSPS) is 11.4. The number of fused-ring (bicyclic) bond motifs is 1. The van der Waals surface area contributed by atoms with Crippen LogP contribution in [0.25, 0.3) is 11.0 Å². The van der Waals surface area contributed by atoms with E-state index >= 15 is 0 Å². The molecule has 0 aliphatic carbocycles. The van der Waals surface area contributed by atoms with E-state index in [0.717, 1.165) is 5.76 Å². The van der Waals surface area contributed by atoms with Crippen LogP contribution in [0.15, 0.2) is 46.0 Å². The Bertz CT molecular complexity index is 891. The first-order valence-corrected chi connectivity index (χ1v) is 8.51. The third kappa shape index (κ3) is 4.01. The number of rotatable bonds is 6. The number of nitrogens with zero attached hydrogens (tertiary/aromatic N) is 3. The van der Waals surface area contributed by atoms with Gasteiger partial charge in [-0.25, -0.2) is 4.98 Å². The van der Waals surface area contributed by atoms with Gasteiger partial charge >= 0.3 is 0 Å². The number of hydrogen-bond donors (Lipinski definition) is 0. The molecule has 0 saturated heterocycles. The number of aryl methyl sites for hydroxylation is 1. The molecule has 1 aromatic carbocycles. The molecule has 0 bridgehead atoms. The van der Waals surface area contributed by atoms with Gasteiger partial charge in [0.2, 0.25) is 5.91 Å². The highest BCUT2D eigenvalue weighted by atomic mass is 32.2. The lowest BCUT2D eigenvalue weighted by atomic mass is 10.3. The third-order valence-corrected chi connectivity index (χ3v) is 4.42. The van der Waals surface area contributed by atoms with Crippen LogP contribution in [0.1, 0.15) is 11.5 Å². The molecule has 8 heteroatoms. The van der Waals surface area contributed by atoms with Crippen LogP contribution >= 0.6 is 11.8 Å². The average Bonchev–Trinajstić information content (AvgIpc) is 3.11. The van der Waals surface area contributed by atoms with Gasteiger partial charge in [0.05, 0.1) is 17.6 Å². The Morgan fingerprint density at radius 2 is 2.08 bits per heavy atom. The number of benzene rings is 1. The van der Waals surface area contributed by atoms with Gasteiger partial charge in [-0.05, 0) is 43.0 Å². The van der Waals surface area contributed by atoms with E-state index in [1.165, 1.54) is 9.47 Å². The number of hydrogen-bond acceptors (Lipinski definition) is 4. The molecule has 0 radical (unpaired) electrons. The number of halogens is 2. The zero-order valence-electron chi connectivity index (χ0n) is 13.8. The van der Waals surface area contributed by atoms with Crippen LogP contribution in [-0.4, -0.2) is 33.2 Å². The van der Waals surface area contributed by atoms with Crippen LogP contribution in [0, 0.1) is 6.92 Å². The van der Waals surface area contributed by atoms with Crippen molar-refractivity contribution in [3.8, 4) is 0 Å². The monoisotopic (exact) mass is 365 g/mol. The summed E-state index contributed by atoms with van der Waals surface area (Å²) in [6, 6.07) is 10.7. The van der Waals surface area contributed by atoms with Crippen LogP contribution in [0.5, 0.6) is 0 Å². The maximum atomic E-state index is 12.8. The van der Waals surface area contributed by atoms with Crippen molar-refractivity contribution in [2.45, 2.75) is 30.9 Å². The fraction of sp³-hybridized carbons (Fsp3) is 0.294. The van der Waals surface area contributed by atoms with Crippen molar-refractivity contribution in [3.63, 3.8) is 0 Å². The summed E-state index contributed by atoms with van der Waals surface area (Å²) >= 11 is 0.341. The number of para-hydroxylation sites is 2. The van der Waals surface area contributed by atoms with Crippen LogP contribution in [0.4, 0.5) is 8.78 Å². The first kappa shape index (κ1) is 17.5. The number of furan rings is 1. The largest absolute Gasteiger partial charge is 0.464 e. The molecule has 0 aliphatic heterocycles. The SMILES string of the molecule is Cc1ccc(CN(C)C(=O)Cn2c(SC(F)F)nc3ccccc32)o1. The first-order chi connectivity index (χ1) is 11.9. The second kappa shape index (κ2) is 7.26. The summed E-state index contributed by atoms with van der Waals surface area (Å²) in [7, 11) is 1.65. The zero-order chi connectivity index (χ0) is 18.0. The predicted molar refractivity (Wildman–Crippen MR) is 91.5 cm³/mol. The second-order valence-electron chi connectivity index (χ2n) is 5.61. The van der Waals surface area contributed by atoms with Crippen LogP contribution in [-0.2, 0) is 17.9 Å². The summed E-state index contributed by atoms with van der Waals surface area (Å²) in [4.78, 5) is 18.3. The number of imidazole rings is 1. The number of carbonyl (C=O) groups is 1. The van der Waals surface area contributed by atoms with E-state index in [1.807, 2.05) is 19.1 Å². The fourth-order valence-corrected chi connectivity index (χ4v) is 3.12. The number of thioether (sulfide) groups is 1. The number of carbonyl (C=O) groups excluding carboxylic acids is 1. The highest BCUT2D eigenvalue weighted by Gasteiger charge is 2.19. The van der Waals surface area contributed by atoms with Crippen molar-refractivity contribution < 1.29 is 18.0 Å². The molecular weight excluding hydrogens is 348 g/mol. The molecule has 132 valence electrons. The fourth-order valence-electron chi connectivity index (χ4n) is 2.52. The molecule has 25 heavy (non-hydrogen) atoms. The summed E-state index contributed by atoms with van der Waals surface area (Å²) in [6.07, 6.45) is 0. The Balaban J connectivity index is 1.82. The summed E-state index contributed by atoms with van der Waals surface area (Å²) < 4.78 is 32.6. The smallest absolute Gasteiger partial charge is 0.291 e. The highest BCUT2D eigenvalue weighted by molar-refractivity contribution is 7.99.